The minimum atomic E-state index is -1.23. The Balaban J connectivity index is 1.99. The summed E-state index contributed by atoms with van der Waals surface area (Å²) in [7, 11) is 0. The van der Waals surface area contributed by atoms with Crippen molar-refractivity contribution in [3.8, 4) is 0 Å². The second kappa shape index (κ2) is 14.3. The Morgan fingerprint density at radius 2 is 1.73 bits per heavy atom. The van der Waals surface area contributed by atoms with E-state index in [1.165, 1.54) is 0 Å². The van der Waals surface area contributed by atoms with Gasteiger partial charge in [-0.05, 0) is 24.4 Å². The number of likely N-dealkylation sites (N-methyl/N-ethyl adjacent to an activating group) is 1. The zero-order chi connectivity index (χ0) is 24.1. The number of benzene rings is 1. The molecule has 0 aliphatic heterocycles. The molecule has 1 aliphatic carbocycles. The van der Waals surface area contributed by atoms with Crippen LogP contribution in [0.15, 0.2) is 30.3 Å². The average Bonchev–Trinajstić information content (AvgIpc) is 2.81. The van der Waals surface area contributed by atoms with E-state index in [1.807, 2.05) is 25.1 Å². The van der Waals surface area contributed by atoms with Crippen LogP contribution in [0.4, 0.5) is 0 Å². The molecule has 0 radical (unpaired) electrons. The fraction of sp³-hybridized carbons (Fsp3) is 0.583. The summed E-state index contributed by atoms with van der Waals surface area (Å²) in [4.78, 5) is 49.2. The van der Waals surface area contributed by atoms with Crippen molar-refractivity contribution in [2.75, 3.05) is 13.1 Å². The van der Waals surface area contributed by atoms with E-state index >= 15 is 0 Å². The molecule has 9 heteroatoms. The van der Waals surface area contributed by atoms with E-state index < -0.39 is 42.3 Å². The Hall–Kier alpha value is -2.94. The lowest BCUT2D eigenvalue weighted by Gasteiger charge is -2.26. The fourth-order valence-corrected chi connectivity index (χ4v) is 3.91. The van der Waals surface area contributed by atoms with Gasteiger partial charge in [-0.1, -0.05) is 69.4 Å². The molecule has 1 saturated carbocycles. The lowest BCUT2D eigenvalue weighted by atomic mass is 9.85. The van der Waals surface area contributed by atoms with Crippen LogP contribution in [-0.4, -0.2) is 54.0 Å². The van der Waals surface area contributed by atoms with E-state index in [1.54, 1.807) is 12.1 Å². The number of esters is 1. The second-order valence-corrected chi connectivity index (χ2v) is 8.39. The van der Waals surface area contributed by atoms with Crippen LogP contribution in [0.3, 0.4) is 0 Å². The SMILES string of the molecule is CCNCC(=O)N[C@@H](CC(=O)OCc1ccccc1)C(=O)N[C@H](CC1CCCCC1)C(=O)O. The number of carboxylic acid groups (broad SMARTS) is 1. The maximum Gasteiger partial charge on any atom is 0.326 e. The molecule has 2 amide bonds. The van der Waals surface area contributed by atoms with Crippen LogP contribution >= 0.6 is 0 Å². The van der Waals surface area contributed by atoms with Crippen molar-refractivity contribution < 1.29 is 29.0 Å². The molecule has 4 N–H and O–H groups in total. The van der Waals surface area contributed by atoms with Gasteiger partial charge in [0.1, 0.15) is 18.7 Å². The van der Waals surface area contributed by atoms with Crippen LogP contribution in [0.25, 0.3) is 0 Å². The Morgan fingerprint density at radius 3 is 2.36 bits per heavy atom. The van der Waals surface area contributed by atoms with Crippen molar-refractivity contribution in [2.45, 2.75) is 70.6 Å². The molecule has 182 valence electrons. The molecule has 9 nitrogen and oxygen atoms in total. The van der Waals surface area contributed by atoms with Crippen LogP contribution in [0.5, 0.6) is 0 Å². The van der Waals surface area contributed by atoms with Crippen molar-refractivity contribution >= 4 is 23.8 Å². The monoisotopic (exact) mass is 461 g/mol. The summed E-state index contributed by atoms with van der Waals surface area (Å²) in [5.74, 6) is -2.73. The van der Waals surface area contributed by atoms with E-state index in [2.05, 4.69) is 16.0 Å². The molecule has 2 rings (SSSR count). The summed E-state index contributed by atoms with van der Waals surface area (Å²) in [6.07, 6.45) is 5.07. The molecular formula is C24H35N3O6. The zero-order valence-electron chi connectivity index (χ0n) is 19.2. The lowest BCUT2D eigenvalue weighted by molar-refractivity contribution is -0.148. The Kier molecular flexibility index (Phi) is 11.4. The molecule has 2 atom stereocenters. The molecule has 0 saturated heterocycles. The van der Waals surface area contributed by atoms with Crippen LogP contribution < -0.4 is 16.0 Å². The third kappa shape index (κ3) is 10.0. The molecule has 0 heterocycles. The van der Waals surface area contributed by atoms with Crippen molar-refractivity contribution in [3.63, 3.8) is 0 Å². The predicted molar refractivity (Wildman–Crippen MR) is 122 cm³/mol. The van der Waals surface area contributed by atoms with E-state index in [4.69, 9.17) is 4.74 Å². The highest BCUT2D eigenvalue weighted by Gasteiger charge is 2.30. The quantitative estimate of drug-likeness (QED) is 0.329. The highest BCUT2D eigenvalue weighted by molar-refractivity contribution is 5.93. The zero-order valence-corrected chi connectivity index (χ0v) is 19.2. The summed E-state index contributed by atoms with van der Waals surface area (Å²) in [6.45, 7) is 2.41. The minimum Gasteiger partial charge on any atom is -0.480 e. The Bertz CT molecular complexity index is 780. The number of rotatable bonds is 13. The number of carboxylic acids is 1. The molecule has 1 aromatic carbocycles. The van der Waals surface area contributed by atoms with Gasteiger partial charge < -0.3 is 25.8 Å². The number of carbonyl (C=O) groups excluding carboxylic acids is 3. The van der Waals surface area contributed by atoms with Gasteiger partial charge in [0.05, 0.1) is 13.0 Å². The number of nitrogens with one attached hydrogen (secondary N) is 3. The summed E-state index contributed by atoms with van der Waals surface area (Å²) >= 11 is 0. The van der Waals surface area contributed by atoms with Crippen molar-refractivity contribution in [1.82, 2.24) is 16.0 Å². The molecular weight excluding hydrogens is 426 g/mol. The highest BCUT2D eigenvalue weighted by atomic mass is 16.5. The van der Waals surface area contributed by atoms with Crippen molar-refractivity contribution in [1.29, 1.82) is 0 Å². The average molecular weight is 462 g/mol. The fourth-order valence-electron chi connectivity index (χ4n) is 3.91. The number of aliphatic carboxylic acids is 1. The first-order chi connectivity index (χ1) is 15.9. The van der Waals surface area contributed by atoms with Gasteiger partial charge in [0.2, 0.25) is 11.8 Å². The molecule has 0 unspecified atom stereocenters. The molecule has 1 aliphatic rings. The van der Waals surface area contributed by atoms with Crippen LogP contribution in [0, 0.1) is 5.92 Å². The Labute approximate surface area is 194 Å². The van der Waals surface area contributed by atoms with Crippen molar-refractivity contribution in [2.24, 2.45) is 5.92 Å². The summed E-state index contributed by atoms with van der Waals surface area (Å²) in [6, 6.07) is 6.79. The number of hydrogen-bond acceptors (Lipinski definition) is 6. The summed E-state index contributed by atoms with van der Waals surface area (Å²) < 4.78 is 5.24. The van der Waals surface area contributed by atoms with Gasteiger partial charge in [-0.15, -0.1) is 0 Å². The van der Waals surface area contributed by atoms with Crippen LogP contribution in [-0.2, 0) is 30.5 Å². The largest absolute Gasteiger partial charge is 0.480 e. The normalized spacial score (nSPS) is 15.8. The second-order valence-electron chi connectivity index (χ2n) is 8.39. The first kappa shape index (κ1) is 26.3. The number of hydrogen-bond donors (Lipinski definition) is 4. The summed E-state index contributed by atoms with van der Waals surface area (Å²) in [5, 5.41) is 17.5. The molecule has 1 fully saturated rings. The van der Waals surface area contributed by atoms with E-state index in [0.29, 0.717) is 13.0 Å². The molecule has 0 aromatic heterocycles. The highest BCUT2D eigenvalue weighted by Crippen LogP contribution is 2.27. The van der Waals surface area contributed by atoms with Crippen molar-refractivity contribution in [3.05, 3.63) is 35.9 Å². The predicted octanol–water partition coefficient (Wildman–Crippen LogP) is 1.75. The topological polar surface area (TPSA) is 134 Å². The lowest BCUT2D eigenvalue weighted by Crippen LogP contribution is -2.54. The minimum absolute atomic E-state index is 0.0240. The standard InChI is InChI=1S/C24H35N3O6/c1-2-25-15-21(28)26-19(14-22(29)33-16-18-11-7-4-8-12-18)23(30)27-20(24(31)32)13-17-9-5-3-6-10-17/h4,7-8,11-12,17,19-20,25H,2-3,5-6,9-10,13-16H2,1H3,(H,26,28)(H,27,30)(H,31,32)/t19-,20+/m0/s1. The molecule has 33 heavy (non-hydrogen) atoms. The Morgan fingerprint density at radius 1 is 1.03 bits per heavy atom. The van der Waals surface area contributed by atoms with E-state index in [-0.39, 0.29) is 19.1 Å². The maximum absolute atomic E-state index is 12.9. The van der Waals surface area contributed by atoms with Gasteiger partial charge in [-0.2, -0.15) is 0 Å². The third-order valence-corrected chi connectivity index (χ3v) is 5.71. The number of amides is 2. The van der Waals surface area contributed by atoms with Crippen LogP contribution in [0.1, 0.15) is 57.4 Å². The first-order valence-corrected chi connectivity index (χ1v) is 11.6. The molecule has 0 bridgehead atoms. The van der Waals surface area contributed by atoms with Gasteiger partial charge in [0.25, 0.3) is 0 Å². The van der Waals surface area contributed by atoms with Gasteiger partial charge in [0, 0.05) is 0 Å². The summed E-state index contributed by atoms with van der Waals surface area (Å²) in [5.41, 5.74) is 0.793. The first-order valence-electron chi connectivity index (χ1n) is 11.6. The van der Waals surface area contributed by atoms with E-state index in [9.17, 15) is 24.3 Å². The van der Waals surface area contributed by atoms with Crippen LogP contribution in [0.2, 0.25) is 0 Å². The van der Waals surface area contributed by atoms with Gasteiger partial charge in [-0.25, -0.2) is 4.79 Å². The molecule has 1 aromatic rings. The molecule has 0 spiro atoms. The van der Waals surface area contributed by atoms with E-state index in [0.717, 1.165) is 37.7 Å². The third-order valence-electron chi connectivity index (χ3n) is 5.71. The van der Waals surface area contributed by atoms with Gasteiger partial charge in [-0.3, -0.25) is 14.4 Å². The number of carbonyl (C=O) groups is 4. The number of ether oxygens (including phenoxy) is 1. The van der Waals surface area contributed by atoms with Gasteiger partial charge in [0.15, 0.2) is 0 Å². The smallest absolute Gasteiger partial charge is 0.326 e. The maximum atomic E-state index is 12.9. The van der Waals surface area contributed by atoms with Gasteiger partial charge >= 0.3 is 11.9 Å².